The number of thiocarbonyl (C=S) groups is 1. The van der Waals surface area contributed by atoms with Crippen molar-refractivity contribution in [3.05, 3.63) is 89.0 Å². The highest BCUT2D eigenvalue weighted by Gasteiger charge is 2.59. The van der Waals surface area contributed by atoms with Crippen molar-refractivity contribution in [2.75, 3.05) is 10.2 Å². The Morgan fingerprint density at radius 3 is 2.52 bits per heavy atom. The Bertz CT molecular complexity index is 1270. The van der Waals surface area contributed by atoms with Crippen molar-refractivity contribution in [1.29, 1.82) is 0 Å². The fraction of sp³-hybridized carbons (Fsp3) is 0.259. The molecule has 3 atom stereocenters. The fourth-order valence-electron chi connectivity index (χ4n) is 5.07. The van der Waals surface area contributed by atoms with Gasteiger partial charge in [-0.2, -0.15) is 0 Å². The SMILES string of the molecule is Cc1ccc(NC(=O)[C@@H]2[C@@H]3NC(=S)N(c4ccccc4C)[C@@]2(C)Oc2ccccc23)c(C)c1. The van der Waals surface area contributed by atoms with Crippen LogP contribution in [0.5, 0.6) is 5.75 Å². The van der Waals surface area contributed by atoms with Crippen LogP contribution in [0.3, 0.4) is 0 Å². The molecule has 5 rings (SSSR count). The Kier molecular flexibility index (Phi) is 5.13. The fourth-order valence-corrected chi connectivity index (χ4v) is 5.48. The maximum absolute atomic E-state index is 13.9. The zero-order valence-corrected chi connectivity index (χ0v) is 20.0. The van der Waals surface area contributed by atoms with Gasteiger partial charge in [-0.25, -0.2) is 0 Å². The number of hydrogen-bond acceptors (Lipinski definition) is 3. The Hall–Kier alpha value is -3.38. The van der Waals surface area contributed by atoms with Crippen LogP contribution in [0, 0.1) is 26.7 Å². The second-order valence-corrected chi connectivity index (χ2v) is 9.42. The third kappa shape index (κ3) is 3.45. The van der Waals surface area contributed by atoms with Crippen LogP contribution < -0.4 is 20.3 Å². The largest absolute Gasteiger partial charge is 0.467 e. The van der Waals surface area contributed by atoms with Gasteiger partial charge < -0.3 is 15.4 Å². The van der Waals surface area contributed by atoms with Gasteiger partial charge in [-0.05, 0) is 69.2 Å². The molecule has 0 radical (unpaired) electrons. The number of hydrogen-bond donors (Lipinski definition) is 2. The van der Waals surface area contributed by atoms with Crippen molar-refractivity contribution < 1.29 is 9.53 Å². The number of ether oxygens (including phenoxy) is 1. The molecule has 1 saturated heterocycles. The van der Waals surface area contributed by atoms with Gasteiger partial charge in [-0.15, -0.1) is 0 Å². The number of aryl methyl sites for hydroxylation is 3. The molecule has 0 saturated carbocycles. The van der Waals surface area contributed by atoms with Gasteiger partial charge in [-0.1, -0.05) is 54.1 Å². The highest BCUT2D eigenvalue weighted by molar-refractivity contribution is 7.80. The molecule has 0 unspecified atom stereocenters. The number of carbonyl (C=O) groups is 1. The standard InChI is InChI=1S/C27H27N3O2S/c1-16-13-14-20(18(3)15-16)28-25(31)23-24-19-10-6-8-12-22(19)32-27(23,4)30(26(33)29-24)21-11-7-5-9-17(21)2/h5-15,23-24H,1-4H3,(H,28,31)(H,29,33)/t23-,24+,27-/m0/s1. The number of amides is 1. The molecule has 33 heavy (non-hydrogen) atoms. The molecular formula is C27H27N3O2S. The van der Waals surface area contributed by atoms with E-state index in [4.69, 9.17) is 17.0 Å². The second-order valence-electron chi connectivity index (χ2n) is 9.03. The molecule has 2 aliphatic heterocycles. The van der Waals surface area contributed by atoms with Gasteiger partial charge in [0.05, 0.1) is 6.04 Å². The first-order valence-corrected chi connectivity index (χ1v) is 11.5. The molecule has 2 N–H and O–H groups in total. The predicted octanol–water partition coefficient (Wildman–Crippen LogP) is 5.41. The number of rotatable bonds is 3. The Morgan fingerprint density at radius 1 is 1.03 bits per heavy atom. The topological polar surface area (TPSA) is 53.6 Å². The number of nitrogens with one attached hydrogen (secondary N) is 2. The lowest BCUT2D eigenvalue weighted by Crippen LogP contribution is -2.72. The highest BCUT2D eigenvalue weighted by atomic mass is 32.1. The van der Waals surface area contributed by atoms with E-state index in [2.05, 4.69) is 16.7 Å². The summed E-state index contributed by atoms with van der Waals surface area (Å²) in [6.07, 6.45) is 0. The summed E-state index contributed by atoms with van der Waals surface area (Å²) < 4.78 is 6.64. The molecule has 0 aliphatic carbocycles. The van der Waals surface area contributed by atoms with E-state index in [1.54, 1.807) is 0 Å². The van der Waals surface area contributed by atoms with Crippen LogP contribution in [0.2, 0.25) is 0 Å². The molecule has 2 heterocycles. The summed E-state index contributed by atoms with van der Waals surface area (Å²) in [5.41, 5.74) is 4.86. The molecule has 1 fully saturated rings. The van der Waals surface area contributed by atoms with Crippen molar-refractivity contribution in [3.63, 3.8) is 0 Å². The van der Waals surface area contributed by atoms with Crippen LogP contribution in [-0.4, -0.2) is 16.7 Å². The summed E-state index contributed by atoms with van der Waals surface area (Å²) in [6.45, 7) is 8.04. The van der Waals surface area contributed by atoms with Crippen LogP contribution in [0.4, 0.5) is 11.4 Å². The van der Waals surface area contributed by atoms with Crippen LogP contribution in [-0.2, 0) is 4.79 Å². The molecule has 2 bridgehead atoms. The van der Waals surface area contributed by atoms with Crippen LogP contribution in [0.15, 0.2) is 66.7 Å². The number of fused-ring (bicyclic) bond motifs is 4. The average molecular weight is 458 g/mol. The summed E-state index contributed by atoms with van der Waals surface area (Å²) in [7, 11) is 0. The Balaban J connectivity index is 1.63. The first kappa shape index (κ1) is 21.5. The van der Waals surface area contributed by atoms with Crippen LogP contribution in [0.1, 0.15) is 35.2 Å². The lowest BCUT2D eigenvalue weighted by atomic mass is 9.78. The Morgan fingerprint density at radius 2 is 1.76 bits per heavy atom. The number of benzene rings is 3. The van der Waals surface area contributed by atoms with Crippen molar-refractivity contribution in [2.45, 2.75) is 39.5 Å². The van der Waals surface area contributed by atoms with E-state index in [9.17, 15) is 4.79 Å². The van der Waals surface area contributed by atoms with Gasteiger partial charge >= 0.3 is 0 Å². The minimum Gasteiger partial charge on any atom is -0.467 e. The second kappa shape index (κ2) is 7.89. The van der Waals surface area contributed by atoms with E-state index in [1.165, 1.54) is 0 Å². The predicted molar refractivity (Wildman–Crippen MR) is 136 cm³/mol. The monoisotopic (exact) mass is 457 g/mol. The van der Waals surface area contributed by atoms with Gasteiger partial charge in [0.2, 0.25) is 5.91 Å². The van der Waals surface area contributed by atoms with E-state index in [0.29, 0.717) is 5.11 Å². The zero-order chi connectivity index (χ0) is 23.3. The van der Waals surface area contributed by atoms with E-state index in [1.807, 2.05) is 93.3 Å². The number of anilines is 2. The molecular weight excluding hydrogens is 430 g/mol. The number of nitrogens with zero attached hydrogens (tertiary/aromatic N) is 1. The first-order valence-electron chi connectivity index (χ1n) is 11.1. The van der Waals surface area contributed by atoms with Crippen molar-refractivity contribution >= 4 is 34.6 Å². The average Bonchev–Trinajstić information content (AvgIpc) is 2.76. The molecule has 6 heteroatoms. The maximum atomic E-state index is 13.9. The van der Waals surface area contributed by atoms with Crippen LogP contribution in [0.25, 0.3) is 0 Å². The summed E-state index contributed by atoms with van der Waals surface area (Å²) in [5.74, 6) is 0.0890. The summed E-state index contributed by atoms with van der Waals surface area (Å²) >= 11 is 5.83. The zero-order valence-electron chi connectivity index (χ0n) is 19.2. The maximum Gasteiger partial charge on any atom is 0.236 e. The van der Waals surface area contributed by atoms with Crippen molar-refractivity contribution in [2.24, 2.45) is 5.92 Å². The third-order valence-electron chi connectivity index (χ3n) is 6.69. The number of para-hydroxylation sites is 2. The molecule has 3 aromatic carbocycles. The van der Waals surface area contributed by atoms with E-state index in [0.717, 1.165) is 39.4 Å². The lowest BCUT2D eigenvalue weighted by Gasteiger charge is -2.56. The van der Waals surface area contributed by atoms with E-state index in [-0.39, 0.29) is 11.9 Å². The molecule has 0 spiro atoms. The van der Waals surface area contributed by atoms with Gasteiger partial charge in [0.15, 0.2) is 10.8 Å². The van der Waals surface area contributed by atoms with Gasteiger partial charge in [0.1, 0.15) is 11.7 Å². The molecule has 5 nitrogen and oxygen atoms in total. The molecule has 3 aromatic rings. The van der Waals surface area contributed by atoms with Crippen LogP contribution >= 0.6 is 12.2 Å². The summed E-state index contributed by atoms with van der Waals surface area (Å²) in [6, 6.07) is 21.6. The van der Waals surface area contributed by atoms with Gasteiger partial charge in [0.25, 0.3) is 0 Å². The lowest BCUT2D eigenvalue weighted by molar-refractivity contribution is -0.130. The van der Waals surface area contributed by atoms with E-state index >= 15 is 0 Å². The van der Waals surface area contributed by atoms with E-state index < -0.39 is 11.6 Å². The third-order valence-corrected chi connectivity index (χ3v) is 6.99. The normalized spacial score (nSPS) is 23.3. The van der Waals surface area contributed by atoms with Gasteiger partial charge in [-0.3, -0.25) is 9.69 Å². The van der Waals surface area contributed by atoms with Crippen molar-refractivity contribution in [1.82, 2.24) is 5.32 Å². The molecule has 168 valence electrons. The minimum atomic E-state index is -1.02. The highest BCUT2D eigenvalue weighted by Crippen LogP contribution is 2.50. The van der Waals surface area contributed by atoms with Crippen molar-refractivity contribution in [3.8, 4) is 5.75 Å². The molecule has 2 aliphatic rings. The summed E-state index contributed by atoms with van der Waals surface area (Å²) in [5, 5.41) is 7.17. The first-order chi connectivity index (χ1) is 15.8. The molecule has 0 aromatic heterocycles. The number of carbonyl (C=O) groups excluding carboxylic acids is 1. The summed E-state index contributed by atoms with van der Waals surface area (Å²) in [4.78, 5) is 15.9. The Labute approximate surface area is 199 Å². The smallest absolute Gasteiger partial charge is 0.236 e. The minimum absolute atomic E-state index is 0.113. The quantitative estimate of drug-likeness (QED) is 0.515. The van der Waals surface area contributed by atoms with Gasteiger partial charge in [0, 0.05) is 16.9 Å². The molecule has 1 amide bonds.